The van der Waals surface area contributed by atoms with Crippen molar-refractivity contribution < 1.29 is 4.79 Å². The average Bonchev–Trinajstić information content (AvgIpc) is 2.29. The first kappa shape index (κ1) is 13.2. The van der Waals surface area contributed by atoms with Crippen LogP contribution in [0.3, 0.4) is 0 Å². The zero-order valence-electron chi connectivity index (χ0n) is 9.87. The predicted octanol–water partition coefficient (Wildman–Crippen LogP) is 3.50. The number of Topliss-reactive ketones (excluding diaryl/α,β-unsaturated/α-hetero) is 1. The molecule has 1 rings (SSSR count). The van der Waals surface area contributed by atoms with E-state index in [0.29, 0.717) is 6.42 Å². The largest absolute Gasteiger partial charge is 0.378 e. The number of hydrogen-bond donors (Lipinski definition) is 0. The van der Waals surface area contributed by atoms with Crippen molar-refractivity contribution in [2.75, 3.05) is 24.3 Å². The highest BCUT2D eigenvalue weighted by Gasteiger charge is 2.05. The Morgan fingerprint density at radius 3 is 2.31 bits per heavy atom. The molecule has 0 aliphatic carbocycles. The Kier molecular flexibility index (Phi) is 5.53. The molecule has 0 N–H and O–H groups in total. The van der Waals surface area contributed by atoms with Gasteiger partial charge in [0.05, 0.1) is 0 Å². The summed E-state index contributed by atoms with van der Waals surface area (Å²) in [6, 6.07) is 7.78. The van der Waals surface area contributed by atoms with E-state index in [4.69, 9.17) is 0 Å². The van der Waals surface area contributed by atoms with Gasteiger partial charge in [0.15, 0.2) is 5.78 Å². The summed E-state index contributed by atoms with van der Waals surface area (Å²) in [6.45, 7) is 0. The molecule has 1 aromatic rings. The van der Waals surface area contributed by atoms with Crippen molar-refractivity contribution in [2.24, 2.45) is 0 Å². The van der Waals surface area contributed by atoms with Crippen LogP contribution >= 0.6 is 15.9 Å². The summed E-state index contributed by atoms with van der Waals surface area (Å²) in [7, 11) is 3.99. The van der Waals surface area contributed by atoms with E-state index in [-0.39, 0.29) is 5.78 Å². The number of unbranched alkanes of at least 4 members (excludes halogenated alkanes) is 1. The first-order valence-electron chi connectivity index (χ1n) is 5.51. The van der Waals surface area contributed by atoms with Crippen molar-refractivity contribution in [3.8, 4) is 0 Å². The maximum absolute atomic E-state index is 11.8. The molecule has 16 heavy (non-hydrogen) atoms. The number of rotatable bonds is 6. The molecule has 0 amide bonds. The summed E-state index contributed by atoms with van der Waals surface area (Å²) < 4.78 is 0. The van der Waals surface area contributed by atoms with Crippen molar-refractivity contribution in [3.05, 3.63) is 29.8 Å². The van der Waals surface area contributed by atoms with Gasteiger partial charge in [0.25, 0.3) is 0 Å². The predicted molar refractivity (Wildman–Crippen MR) is 72.7 cm³/mol. The zero-order chi connectivity index (χ0) is 12.0. The average molecular weight is 284 g/mol. The molecule has 0 aliphatic heterocycles. The molecule has 0 radical (unpaired) electrons. The highest BCUT2D eigenvalue weighted by Crippen LogP contribution is 2.14. The minimum atomic E-state index is 0.242. The van der Waals surface area contributed by atoms with Gasteiger partial charge in [-0.1, -0.05) is 15.9 Å². The van der Waals surface area contributed by atoms with Crippen LogP contribution in [0.15, 0.2) is 24.3 Å². The molecule has 0 unspecified atom stereocenters. The maximum Gasteiger partial charge on any atom is 0.162 e. The fourth-order valence-electron chi connectivity index (χ4n) is 1.47. The molecule has 0 atom stereocenters. The SMILES string of the molecule is CN(C)c1ccc(C(=O)CCCCBr)cc1. The van der Waals surface area contributed by atoms with Gasteiger partial charge < -0.3 is 4.90 Å². The molecule has 0 aliphatic rings. The smallest absolute Gasteiger partial charge is 0.162 e. The van der Waals surface area contributed by atoms with Gasteiger partial charge in [-0.3, -0.25) is 4.79 Å². The normalized spacial score (nSPS) is 10.2. The molecule has 0 fully saturated rings. The fourth-order valence-corrected chi connectivity index (χ4v) is 1.87. The Balaban J connectivity index is 2.56. The van der Waals surface area contributed by atoms with Crippen LogP contribution in [-0.2, 0) is 0 Å². The van der Waals surface area contributed by atoms with Gasteiger partial charge in [-0.15, -0.1) is 0 Å². The number of carbonyl (C=O) groups is 1. The Bertz CT molecular complexity index is 332. The first-order chi connectivity index (χ1) is 7.65. The molecule has 0 bridgehead atoms. The molecule has 3 heteroatoms. The zero-order valence-corrected chi connectivity index (χ0v) is 11.5. The monoisotopic (exact) mass is 283 g/mol. The van der Waals surface area contributed by atoms with Crippen LogP contribution < -0.4 is 4.90 Å². The summed E-state index contributed by atoms with van der Waals surface area (Å²) in [4.78, 5) is 13.8. The summed E-state index contributed by atoms with van der Waals surface area (Å²) >= 11 is 3.36. The number of carbonyl (C=O) groups excluding carboxylic acids is 1. The number of ketones is 1. The number of hydrogen-bond acceptors (Lipinski definition) is 2. The summed E-state index contributed by atoms with van der Waals surface area (Å²) in [5.41, 5.74) is 1.94. The van der Waals surface area contributed by atoms with Crippen molar-refractivity contribution >= 4 is 27.4 Å². The van der Waals surface area contributed by atoms with Crippen molar-refractivity contribution in [1.82, 2.24) is 0 Å². The Labute approximate surface area is 106 Å². The lowest BCUT2D eigenvalue weighted by Gasteiger charge is -2.12. The van der Waals surface area contributed by atoms with E-state index in [1.165, 1.54) is 0 Å². The van der Waals surface area contributed by atoms with Gasteiger partial charge in [-0.2, -0.15) is 0 Å². The minimum absolute atomic E-state index is 0.242. The standard InChI is InChI=1S/C13H18BrNO/c1-15(2)12-8-6-11(7-9-12)13(16)5-3-4-10-14/h6-9H,3-5,10H2,1-2H3. The number of anilines is 1. The third-order valence-electron chi connectivity index (χ3n) is 2.49. The van der Waals surface area contributed by atoms with Gasteiger partial charge in [0.1, 0.15) is 0 Å². The van der Waals surface area contributed by atoms with E-state index in [0.717, 1.165) is 29.4 Å². The van der Waals surface area contributed by atoms with Crippen LogP contribution in [0.2, 0.25) is 0 Å². The second-order valence-electron chi connectivity index (χ2n) is 4.01. The second kappa shape index (κ2) is 6.69. The lowest BCUT2D eigenvalue weighted by Crippen LogP contribution is -2.08. The molecular formula is C13H18BrNO. The molecule has 0 saturated carbocycles. The van der Waals surface area contributed by atoms with Crippen molar-refractivity contribution in [2.45, 2.75) is 19.3 Å². The van der Waals surface area contributed by atoms with Gasteiger partial charge in [0, 0.05) is 37.1 Å². The van der Waals surface area contributed by atoms with Crippen molar-refractivity contribution in [1.29, 1.82) is 0 Å². The quantitative estimate of drug-likeness (QED) is 0.452. The Morgan fingerprint density at radius 2 is 1.81 bits per heavy atom. The van der Waals surface area contributed by atoms with E-state index >= 15 is 0 Å². The van der Waals surface area contributed by atoms with Gasteiger partial charge in [-0.05, 0) is 37.1 Å². The van der Waals surface area contributed by atoms with Crippen molar-refractivity contribution in [3.63, 3.8) is 0 Å². The molecular weight excluding hydrogens is 266 g/mol. The van der Waals surface area contributed by atoms with Gasteiger partial charge in [-0.25, -0.2) is 0 Å². The van der Waals surface area contributed by atoms with E-state index in [1.807, 2.05) is 43.3 Å². The van der Waals surface area contributed by atoms with E-state index in [1.54, 1.807) is 0 Å². The number of nitrogens with zero attached hydrogens (tertiary/aromatic N) is 1. The van der Waals surface area contributed by atoms with E-state index in [2.05, 4.69) is 15.9 Å². The summed E-state index contributed by atoms with van der Waals surface area (Å²) in [6.07, 6.45) is 2.66. The second-order valence-corrected chi connectivity index (χ2v) is 4.80. The third kappa shape index (κ3) is 3.97. The van der Waals surface area contributed by atoms with Crippen LogP contribution in [0.25, 0.3) is 0 Å². The Morgan fingerprint density at radius 1 is 1.19 bits per heavy atom. The van der Waals surface area contributed by atoms with Gasteiger partial charge >= 0.3 is 0 Å². The minimum Gasteiger partial charge on any atom is -0.378 e. The first-order valence-corrected chi connectivity index (χ1v) is 6.64. The third-order valence-corrected chi connectivity index (χ3v) is 3.05. The van der Waals surface area contributed by atoms with Crippen LogP contribution in [0.5, 0.6) is 0 Å². The van der Waals surface area contributed by atoms with E-state index in [9.17, 15) is 4.79 Å². The maximum atomic E-state index is 11.8. The van der Waals surface area contributed by atoms with Crippen LogP contribution in [-0.4, -0.2) is 25.2 Å². The summed E-state index contributed by atoms with van der Waals surface area (Å²) in [5.74, 6) is 0.242. The molecule has 0 spiro atoms. The van der Waals surface area contributed by atoms with Crippen LogP contribution in [0.1, 0.15) is 29.6 Å². The lowest BCUT2D eigenvalue weighted by atomic mass is 10.1. The number of benzene rings is 1. The Hall–Kier alpha value is -0.830. The number of alkyl halides is 1. The summed E-state index contributed by atoms with van der Waals surface area (Å²) in [5, 5.41) is 0.972. The molecule has 1 aromatic carbocycles. The number of halogens is 1. The van der Waals surface area contributed by atoms with Crippen LogP contribution in [0, 0.1) is 0 Å². The lowest BCUT2D eigenvalue weighted by molar-refractivity contribution is 0.0980. The van der Waals surface area contributed by atoms with Crippen LogP contribution in [0.4, 0.5) is 5.69 Å². The molecule has 2 nitrogen and oxygen atoms in total. The highest BCUT2D eigenvalue weighted by atomic mass is 79.9. The fraction of sp³-hybridized carbons (Fsp3) is 0.462. The molecule has 0 aromatic heterocycles. The highest BCUT2D eigenvalue weighted by molar-refractivity contribution is 9.09. The van der Waals surface area contributed by atoms with E-state index < -0.39 is 0 Å². The topological polar surface area (TPSA) is 20.3 Å². The molecule has 0 heterocycles. The molecule has 88 valence electrons. The molecule has 0 saturated heterocycles. The van der Waals surface area contributed by atoms with Gasteiger partial charge in [0.2, 0.25) is 0 Å².